The summed E-state index contributed by atoms with van der Waals surface area (Å²) in [6.07, 6.45) is 0.442. The van der Waals surface area contributed by atoms with Crippen molar-refractivity contribution in [3.8, 4) is 0 Å². The summed E-state index contributed by atoms with van der Waals surface area (Å²) in [6.45, 7) is 13.5. The van der Waals surface area contributed by atoms with Gasteiger partial charge in [-0.25, -0.2) is 0 Å². The third-order valence-corrected chi connectivity index (χ3v) is 6.41. The Kier molecular flexibility index (Phi) is 6.50. The summed E-state index contributed by atoms with van der Waals surface area (Å²) in [5, 5.41) is 1.99. The van der Waals surface area contributed by atoms with E-state index in [2.05, 4.69) is 69.5 Å². The van der Waals surface area contributed by atoms with E-state index in [1.54, 1.807) is 6.92 Å². The summed E-state index contributed by atoms with van der Waals surface area (Å²) in [5.74, 6) is 0.646. The molecule has 29 heavy (non-hydrogen) atoms. The van der Waals surface area contributed by atoms with E-state index < -0.39 is 0 Å². The first-order chi connectivity index (χ1) is 13.5. The fraction of sp³-hybridized carbons (Fsp3) is 0.400. The van der Waals surface area contributed by atoms with Gasteiger partial charge in [-0.1, -0.05) is 64.4 Å². The summed E-state index contributed by atoms with van der Waals surface area (Å²) in [7, 11) is 0. The lowest BCUT2D eigenvalue weighted by atomic mass is 10.0. The van der Waals surface area contributed by atoms with Gasteiger partial charge in [-0.05, 0) is 48.2 Å². The Morgan fingerprint density at radius 1 is 1.10 bits per heavy atom. The van der Waals surface area contributed by atoms with Crippen molar-refractivity contribution in [2.24, 2.45) is 0 Å². The number of carbonyl (C=O) groups is 1. The molecule has 0 aliphatic rings. The minimum atomic E-state index is 0.0543. The lowest BCUT2D eigenvalue weighted by Gasteiger charge is -2.19. The summed E-state index contributed by atoms with van der Waals surface area (Å²) >= 11 is 7.94. The van der Waals surface area contributed by atoms with Crippen LogP contribution in [-0.4, -0.2) is 15.1 Å². The second kappa shape index (κ2) is 8.57. The van der Waals surface area contributed by atoms with Gasteiger partial charge in [0.25, 0.3) is 0 Å². The molecule has 2 nitrogen and oxygen atoms in total. The van der Waals surface area contributed by atoms with Crippen LogP contribution in [0.3, 0.4) is 0 Å². The van der Waals surface area contributed by atoms with E-state index in [-0.39, 0.29) is 10.5 Å². The third-order valence-electron chi connectivity index (χ3n) is 4.89. The zero-order valence-electron chi connectivity index (χ0n) is 18.2. The monoisotopic (exact) mass is 427 g/mol. The van der Waals surface area contributed by atoms with Gasteiger partial charge >= 0.3 is 0 Å². The molecule has 0 N–H and O–H groups in total. The van der Waals surface area contributed by atoms with Crippen molar-refractivity contribution < 1.29 is 4.79 Å². The first-order valence-electron chi connectivity index (χ1n) is 10.1. The Labute approximate surface area is 183 Å². The van der Waals surface area contributed by atoms with E-state index in [1.165, 1.54) is 26.9 Å². The summed E-state index contributed by atoms with van der Waals surface area (Å²) in [6, 6.07) is 14.7. The van der Waals surface area contributed by atoms with Crippen LogP contribution in [0.5, 0.6) is 0 Å². The minimum absolute atomic E-state index is 0.0543. The summed E-state index contributed by atoms with van der Waals surface area (Å²) in [4.78, 5) is 13.4. The zero-order valence-corrected chi connectivity index (χ0v) is 19.7. The first kappa shape index (κ1) is 22.0. The van der Waals surface area contributed by atoms with Gasteiger partial charge in [0.2, 0.25) is 0 Å². The number of halogens is 1. The quantitative estimate of drug-likeness (QED) is 0.380. The number of carbonyl (C=O) groups excluding carboxylic acids is 1. The maximum atomic E-state index is 12.2. The standard InChI is InChI=1S/C25H30ClNOS/c1-16(2)19-9-12-22-21(14-19)24(29-25(4,5)6)23(13-17(3)28)27(22)15-18-7-10-20(26)11-8-18/h7-12,14,16H,13,15H2,1-6H3. The maximum absolute atomic E-state index is 12.2. The third kappa shape index (κ3) is 5.26. The smallest absolute Gasteiger partial charge is 0.135 e. The molecular formula is C25H30ClNOS. The maximum Gasteiger partial charge on any atom is 0.135 e. The highest BCUT2D eigenvalue weighted by atomic mass is 35.5. The lowest BCUT2D eigenvalue weighted by molar-refractivity contribution is -0.116. The van der Waals surface area contributed by atoms with Crippen LogP contribution < -0.4 is 0 Å². The highest BCUT2D eigenvalue weighted by molar-refractivity contribution is 8.00. The van der Waals surface area contributed by atoms with Gasteiger partial charge in [0.1, 0.15) is 5.78 Å². The molecule has 1 aromatic heterocycles. The normalized spacial score (nSPS) is 12.1. The Morgan fingerprint density at radius 3 is 2.31 bits per heavy atom. The summed E-state index contributed by atoms with van der Waals surface area (Å²) in [5.41, 5.74) is 4.80. The van der Waals surface area contributed by atoms with Crippen LogP contribution in [0, 0.1) is 0 Å². The Bertz CT molecular complexity index is 1030. The highest BCUT2D eigenvalue weighted by Gasteiger charge is 2.24. The van der Waals surface area contributed by atoms with Crippen LogP contribution in [0.2, 0.25) is 5.02 Å². The molecule has 0 atom stereocenters. The molecule has 0 unspecified atom stereocenters. The van der Waals surface area contributed by atoms with E-state index in [1.807, 2.05) is 23.9 Å². The minimum Gasteiger partial charge on any atom is -0.339 e. The van der Waals surface area contributed by atoms with Gasteiger partial charge in [0.05, 0.1) is 0 Å². The van der Waals surface area contributed by atoms with Crippen LogP contribution >= 0.6 is 23.4 Å². The number of fused-ring (bicyclic) bond motifs is 1. The van der Waals surface area contributed by atoms with E-state index in [0.717, 1.165) is 17.3 Å². The lowest BCUT2D eigenvalue weighted by Crippen LogP contribution is -2.11. The first-order valence-corrected chi connectivity index (χ1v) is 11.3. The number of nitrogens with zero attached hydrogens (tertiary/aromatic N) is 1. The number of benzene rings is 2. The molecule has 0 fully saturated rings. The Hall–Kier alpha value is -1.71. The second-order valence-corrected chi connectivity index (χ2v) is 11.3. The molecular weight excluding hydrogens is 398 g/mol. The van der Waals surface area contributed by atoms with Crippen molar-refractivity contribution >= 4 is 40.0 Å². The van der Waals surface area contributed by atoms with Gasteiger partial charge < -0.3 is 4.57 Å². The Morgan fingerprint density at radius 2 is 1.76 bits per heavy atom. The van der Waals surface area contributed by atoms with E-state index in [9.17, 15) is 4.79 Å². The molecule has 4 heteroatoms. The molecule has 0 saturated heterocycles. The van der Waals surface area contributed by atoms with Crippen molar-refractivity contribution in [1.82, 2.24) is 4.57 Å². The summed E-state index contributed by atoms with van der Waals surface area (Å²) < 4.78 is 2.37. The molecule has 3 aromatic rings. The van der Waals surface area contributed by atoms with E-state index >= 15 is 0 Å². The molecule has 0 bridgehead atoms. The van der Waals surface area contributed by atoms with Crippen molar-refractivity contribution in [3.05, 3.63) is 64.3 Å². The molecule has 0 spiro atoms. The van der Waals surface area contributed by atoms with Crippen molar-refractivity contribution in [2.75, 3.05) is 0 Å². The molecule has 0 aliphatic carbocycles. The van der Waals surface area contributed by atoms with Gasteiger partial charge in [0.15, 0.2) is 0 Å². The van der Waals surface area contributed by atoms with E-state index in [0.29, 0.717) is 12.3 Å². The van der Waals surface area contributed by atoms with Gasteiger partial charge in [-0.15, -0.1) is 11.8 Å². The molecule has 0 saturated carbocycles. The Balaban J connectivity index is 2.25. The number of ketones is 1. The topological polar surface area (TPSA) is 22.0 Å². The van der Waals surface area contributed by atoms with Gasteiger partial charge in [0, 0.05) is 44.2 Å². The number of hydrogen-bond acceptors (Lipinski definition) is 2. The molecule has 0 radical (unpaired) electrons. The average molecular weight is 428 g/mol. The van der Waals surface area contributed by atoms with Crippen LogP contribution in [0.25, 0.3) is 10.9 Å². The number of rotatable bonds is 6. The predicted molar refractivity (Wildman–Crippen MR) is 127 cm³/mol. The van der Waals surface area contributed by atoms with Crippen molar-refractivity contribution in [3.63, 3.8) is 0 Å². The predicted octanol–water partition coefficient (Wildman–Crippen LogP) is 7.49. The highest BCUT2D eigenvalue weighted by Crippen LogP contribution is 2.42. The van der Waals surface area contributed by atoms with Crippen LogP contribution in [0.1, 0.15) is 64.3 Å². The van der Waals surface area contributed by atoms with Crippen LogP contribution in [0.4, 0.5) is 0 Å². The SMILES string of the molecule is CC(=O)Cc1c(SC(C)(C)C)c2cc(C(C)C)ccc2n1Cc1ccc(Cl)cc1. The number of thioether (sulfide) groups is 1. The molecule has 2 aromatic carbocycles. The molecule has 0 amide bonds. The fourth-order valence-electron chi connectivity index (χ4n) is 3.54. The number of Topliss-reactive ketones (excluding diaryl/α,β-unsaturated/α-hetero) is 1. The molecule has 154 valence electrons. The second-order valence-electron chi connectivity index (χ2n) is 9.01. The van der Waals surface area contributed by atoms with Crippen molar-refractivity contribution in [1.29, 1.82) is 0 Å². The zero-order chi connectivity index (χ0) is 21.3. The van der Waals surface area contributed by atoms with E-state index in [4.69, 9.17) is 11.6 Å². The number of aromatic nitrogens is 1. The van der Waals surface area contributed by atoms with Gasteiger partial charge in [-0.3, -0.25) is 4.79 Å². The van der Waals surface area contributed by atoms with Crippen LogP contribution in [-0.2, 0) is 17.8 Å². The largest absolute Gasteiger partial charge is 0.339 e. The average Bonchev–Trinajstić information content (AvgIpc) is 2.88. The van der Waals surface area contributed by atoms with Gasteiger partial charge in [-0.2, -0.15) is 0 Å². The molecule has 0 aliphatic heterocycles. The van der Waals surface area contributed by atoms with Crippen molar-refractivity contribution in [2.45, 2.75) is 70.1 Å². The number of hydrogen-bond donors (Lipinski definition) is 0. The fourth-order valence-corrected chi connectivity index (χ4v) is 4.85. The molecule has 3 rings (SSSR count). The van der Waals surface area contributed by atoms with Crippen LogP contribution in [0.15, 0.2) is 47.4 Å². The molecule has 1 heterocycles.